The minimum Gasteiger partial charge on any atom is -0.341 e. The molecule has 0 spiro atoms. The Bertz CT molecular complexity index is 1950. The van der Waals surface area contributed by atoms with Gasteiger partial charge in [-0.05, 0) is 65.8 Å². The van der Waals surface area contributed by atoms with Gasteiger partial charge in [0.2, 0.25) is 0 Å². The van der Waals surface area contributed by atoms with Crippen LogP contribution in [0.25, 0.3) is 43.6 Å². The minimum atomic E-state index is 1.02. The first-order valence-corrected chi connectivity index (χ1v) is 17.7. The van der Waals surface area contributed by atoms with Crippen molar-refractivity contribution in [3.8, 4) is 12.8 Å². The first-order chi connectivity index (χ1) is 24.4. The van der Waals surface area contributed by atoms with E-state index in [1.165, 1.54) is 65.9 Å². The summed E-state index contributed by atoms with van der Waals surface area (Å²) in [5, 5.41) is 5.43. The van der Waals surface area contributed by atoms with Crippen molar-refractivity contribution in [2.24, 2.45) is 0 Å². The summed E-state index contributed by atoms with van der Waals surface area (Å²) in [5.74, 6) is 0. The molecule has 6 aromatic carbocycles. The van der Waals surface area contributed by atoms with E-state index in [0.717, 1.165) is 13.1 Å². The molecule has 0 saturated carbocycles. The lowest BCUT2D eigenvalue weighted by Crippen LogP contribution is -1.91. The summed E-state index contributed by atoms with van der Waals surface area (Å²) in [6, 6.07) is 51.3. The molecule has 0 amide bonds. The zero-order valence-electron chi connectivity index (χ0n) is 31.3. The first kappa shape index (κ1) is 38.9. The summed E-state index contributed by atoms with van der Waals surface area (Å²) in [7, 11) is 0. The second kappa shape index (κ2) is 20.1. The van der Waals surface area contributed by atoms with Crippen molar-refractivity contribution in [2.45, 2.75) is 68.5 Å². The van der Waals surface area contributed by atoms with Crippen molar-refractivity contribution in [1.82, 2.24) is 9.13 Å². The van der Waals surface area contributed by atoms with E-state index in [1.54, 1.807) is 0 Å². The molecule has 0 N–H and O–H groups in total. The molecule has 0 unspecified atom stereocenters. The van der Waals surface area contributed by atoms with Crippen molar-refractivity contribution >= 4 is 43.6 Å². The Hall–Kier alpha value is -5.52. The van der Waals surface area contributed by atoms with Crippen molar-refractivity contribution in [3.63, 3.8) is 0 Å². The molecule has 2 heteroatoms. The lowest BCUT2D eigenvalue weighted by Gasteiger charge is -2.01. The Labute approximate surface area is 301 Å². The molecule has 0 fully saturated rings. The highest BCUT2D eigenvalue weighted by atomic mass is 15.0. The second-order valence-electron chi connectivity index (χ2n) is 11.9. The van der Waals surface area contributed by atoms with Gasteiger partial charge in [-0.2, -0.15) is 0 Å². The van der Waals surface area contributed by atoms with Crippen LogP contribution in [0.3, 0.4) is 0 Å². The number of para-hydroxylation sites is 4. The van der Waals surface area contributed by atoms with Crippen molar-refractivity contribution in [1.29, 1.82) is 0 Å². The Morgan fingerprint density at radius 2 is 0.620 bits per heavy atom. The van der Waals surface area contributed by atoms with Gasteiger partial charge in [0, 0.05) is 56.7 Å². The summed E-state index contributed by atoms with van der Waals surface area (Å²) < 4.78 is 4.73. The fourth-order valence-corrected chi connectivity index (χ4v) is 6.13. The van der Waals surface area contributed by atoms with Gasteiger partial charge in [0.15, 0.2) is 0 Å². The number of fused-ring (bicyclic) bond motifs is 6. The van der Waals surface area contributed by atoms with Gasteiger partial charge in [-0.25, -0.2) is 0 Å². The predicted octanol–water partition coefficient (Wildman–Crippen LogP) is 13.5. The van der Waals surface area contributed by atoms with Crippen LogP contribution in [0, 0.1) is 40.5 Å². The lowest BCUT2D eigenvalue weighted by atomic mass is 10.2. The Morgan fingerprint density at radius 3 is 0.840 bits per heavy atom. The monoisotopic (exact) mass is 658 g/mol. The number of terminal acetylenes is 1. The largest absolute Gasteiger partial charge is 0.341 e. The molecule has 2 nitrogen and oxygen atoms in total. The average Bonchev–Trinajstić information content (AvgIpc) is 3.67. The van der Waals surface area contributed by atoms with E-state index in [-0.39, 0.29) is 0 Å². The highest BCUT2D eigenvalue weighted by molar-refractivity contribution is 6.08. The maximum atomic E-state index is 4.00. The number of aryl methyl sites for hydroxylation is 6. The summed E-state index contributed by atoms with van der Waals surface area (Å²) >= 11 is 0. The Kier molecular flexibility index (Phi) is 15.6. The topological polar surface area (TPSA) is 9.86 Å². The lowest BCUT2D eigenvalue weighted by molar-refractivity contribution is 0.827. The van der Waals surface area contributed by atoms with E-state index in [9.17, 15) is 0 Å². The van der Waals surface area contributed by atoms with E-state index in [1.807, 2.05) is 13.8 Å². The molecule has 50 heavy (non-hydrogen) atoms. The van der Waals surface area contributed by atoms with Gasteiger partial charge >= 0.3 is 0 Å². The molecule has 0 aliphatic carbocycles. The van der Waals surface area contributed by atoms with E-state index in [2.05, 4.69) is 209 Å². The van der Waals surface area contributed by atoms with E-state index in [4.69, 9.17) is 0 Å². The molecule has 256 valence electrons. The van der Waals surface area contributed by atoms with Crippen LogP contribution in [0.5, 0.6) is 0 Å². The van der Waals surface area contributed by atoms with Gasteiger partial charge in [-0.15, -0.1) is 12.8 Å². The van der Waals surface area contributed by atoms with E-state index < -0.39 is 0 Å². The number of aromatic nitrogens is 2. The summed E-state index contributed by atoms with van der Waals surface area (Å²) in [6.07, 6.45) is 8.00. The fraction of sp³-hybridized carbons (Fsp3) is 0.208. The maximum absolute atomic E-state index is 4.00. The standard InChI is InChI=1S/2C14H13N.2C8H10.C2H6.C2H2/c2*1-2-15-13-9-5-3-7-11(13)12-8-4-6-10-14(12)15;1-7-3-5-8(2)6-4-7;1-7-4-3-5-8(2)6-7;2*1-2/h2*3-10H,2H2,1H3;2*3-6H,1-2H3;1-2H3;1-2H. The number of rotatable bonds is 2. The van der Waals surface area contributed by atoms with Crippen LogP contribution >= 0.6 is 0 Å². The maximum Gasteiger partial charge on any atom is 0.0491 e. The van der Waals surface area contributed by atoms with Crippen LogP contribution in [0.2, 0.25) is 0 Å². The van der Waals surface area contributed by atoms with Crippen LogP contribution in [-0.4, -0.2) is 9.13 Å². The SMILES string of the molecule is C#C.CC.CCn1c2ccccc2c2ccccc21.CCn1c2ccccc2c2ccccc21.Cc1ccc(C)cc1.Cc1cccc(C)c1. The van der Waals surface area contributed by atoms with Gasteiger partial charge in [0.25, 0.3) is 0 Å². The van der Waals surface area contributed by atoms with Crippen molar-refractivity contribution in [2.75, 3.05) is 0 Å². The number of hydrogen-bond donors (Lipinski definition) is 0. The molecule has 8 aromatic rings. The number of benzene rings is 6. The molecule has 0 atom stereocenters. The predicted molar refractivity (Wildman–Crippen MR) is 223 cm³/mol. The highest BCUT2D eigenvalue weighted by Gasteiger charge is 2.08. The smallest absolute Gasteiger partial charge is 0.0491 e. The second-order valence-corrected chi connectivity index (χ2v) is 11.9. The zero-order valence-corrected chi connectivity index (χ0v) is 31.3. The van der Waals surface area contributed by atoms with Crippen molar-refractivity contribution in [3.05, 3.63) is 168 Å². The molecule has 2 heterocycles. The van der Waals surface area contributed by atoms with Gasteiger partial charge in [-0.1, -0.05) is 157 Å². The van der Waals surface area contributed by atoms with Crippen LogP contribution in [0.15, 0.2) is 146 Å². The van der Waals surface area contributed by atoms with Crippen LogP contribution < -0.4 is 0 Å². The molecule has 2 aromatic heterocycles. The molecular formula is C48H54N2. The van der Waals surface area contributed by atoms with Crippen molar-refractivity contribution < 1.29 is 0 Å². The Balaban J connectivity index is 0.000000181. The van der Waals surface area contributed by atoms with Gasteiger partial charge in [0.05, 0.1) is 0 Å². The molecule has 0 aliphatic rings. The minimum absolute atomic E-state index is 1.02. The average molecular weight is 659 g/mol. The van der Waals surface area contributed by atoms with Gasteiger partial charge in [0.1, 0.15) is 0 Å². The number of nitrogens with zero attached hydrogens (tertiary/aromatic N) is 2. The normalized spacial score (nSPS) is 9.88. The van der Waals surface area contributed by atoms with Crippen LogP contribution in [0.1, 0.15) is 49.9 Å². The molecule has 8 rings (SSSR count). The molecule has 0 aliphatic heterocycles. The highest BCUT2D eigenvalue weighted by Crippen LogP contribution is 2.29. The third-order valence-electron chi connectivity index (χ3n) is 8.38. The van der Waals surface area contributed by atoms with Crippen LogP contribution in [0.4, 0.5) is 0 Å². The fourth-order valence-electron chi connectivity index (χ4n) is 6.13. The quantitative estimate of drug-likeness (QED) is 0.164. The third-order valence-corrected chi connectivity index (χ3v) is 8.38. The molecule has 0 saturated heterocycles. The Morgan fingerprint density at radius 1 is 0.360 bits per heavy atom. The van der Waals surface area contributed by atoms with Crippen LogP contribution in [-0.2, 0) is 13.1 Å². The molecule has 0 bridgehead atoms. The van der Waals surface area contributed by atoms with Gasteiger partial charge < -0.3 is 9.13 Å². The van der Waals surface area contributed by atoms with Gasteiger partial charge in [-0.3, -0.25) is 0 Å². The summed E-state index contributed by atoms with van der Waals surface area (Å²) in [4.78, 5) is 0. The molecular weight excluding hydrogens is 605 g/mol. The number of hydrogen-bond acceptors (Lipinski definition) is 0. The zero-order chi connectivity index (χ0) is 36.5. The summed E-state index contributed by atoms with van der Waals surface area (Å²) in [5.41, 5.74) is 10.7. The summed E-state index contributed by atoms with van der Waals surface area (Å²) in [6.45, 7) is 18.8. The van der Waals surface area contributed by atoms with E-state index in [0.29, 0.717) is 0 Å². The first-order valence-electron chi connectivity index (χ1n) is 17.7. The third kappa shape index (κ3) is 9.77. The molecule has 0 radical (unpaired) electrons. The van der Waals surface area contributed by atoms with E-state index >= 15 is 0 Å².